The number of ether oxygens (including phenoxy) is 2. The molecule has 0 aliphatic heterocycles. The van der Waals surface area contributed by atoms with Crippen LogP contribution in [-0.4, -0.2) is 52.6 Å². The second kappa shape index (κ2) is 8.97. The standard InChI is InChI=1S/C22H23N3O6/c1-22(2,13-31-12-19(26)27)25-11-16(15-6-4-5-7-17(15)25)20(28)21(29)24-14-8-9-18(30-3)23-10-14/h4-11H,12-13H2,1-3H3,(H,24,29)(H,26,27). The van der Waals surface area contributed by atoms with Gasteiger partial charge in [0.15, 0.2) is 0 Å². The summed E-state index contributed by atoms with van der Waals surface area (Å²) in [4.78, 5) is 40.3. The number of carboxylic acids is 1. The van der Waals surface area contributed by atoms with E-state index in [-0.39, 0.29) is 12.2 Å². The first-order valence-corrected chi connectivity index (χ1v) is 9.49. The fourth-order valence-corrected chi connectivity index (χ4v) is 3.20. The van der Waals surface area contributed by atoms with Crippen molar-refractivity contribution < 1.29 is 29.0 Å². The first kappa shape index (κ1) is 22.0. The minimum Gasteiger partial charge on any atom is -0.481 e. The summed E-state index contributed by atoms with van der Waals surface area (Å²) in [5, 5.41) is 12.0. The van der Waals surface area contributed by atoms with Crippen LogP contribution in [0.2, 0.25) is 0 Å². The highest BCUT2D eigenvalue weighted by Gasteiger charge is 2.28. The van der Waals surface area contributed by atoms with Crippen molar-refractivity contribution >= 4 is 34.3 Å². The number of carbonyl (C=O) groups excluding carboxylic acids is 2. The van der Waals surface area contributed by atoms with E-state index in [1.54, 1.807) is 30.5 Å². The Hall–Kier alpha value is -3.72. The molecule has 0 fully saturated rings. The number of Topliss-reactive ketones (excluding diaryl/α,β-unsaturated/α-hetero) is 1. The lowest BCUT2D eigenvalue weighted by Crippen LogP contribution is -2.32. The molecule has 0 aliphatic carbocycles. The van der Waals surface area contributed by atoms with Crippen molar-refractivity contribution in [3.05, 3.63) is 54.4 Å². The second-order valence-electron chi connectivity index (χ2n) is 7.50. The lowest BCUT2D eigenvalue weighted by atomic mass is 10.1. The zero-order chi connectivity index (χ0) is 22.6. The third kappa shape index (κ3) is 4.89. The van der Waals surface area contributed by atoms with Crippen LogP contribution in [0.25, 0.3) is 10.9 Å². The normalized spacial score (nSPS) is 11.3. The Morgan fingerprint density at radius 3 is 2.55 bits per heavy atom. The molecule has 1 amide bonds. The van der Waals surface area contributed by atoms with Gasteiger partial charge < -0.3 is 24.5 Å². The number of rotatable bonds is 9. The minimum atomic E-state index is -1.06. The average Bonchev–Trinajstić information content (AvgIpc) is 3.14. The Labute approximate surface area is 178 Å². The Morgan fingerprint density at radius 2 is 1.90 bits per heavy atom. The molecule has 9 heteroatoms. The van der Waals surface area contributed by atoms with Crippen LogP contribution in [0.4, 0.5) is 5.69 Å². The summed E-state index contributed by atoms with van der Waals surface area (Å²) in [6.07, 6.45) is 3.00. The number of nitrogens with zero attached hydrogens (tertiary/aromatic N) is 2. The number of carboxylic acid groups (broad SMARTS) is 1. The number of carbonyl (C=O) groups is 3. The van der Waals surface area contributed by atoms with Crippen LogP contribution >= 0.6 is 0 Å². The summed E-state index contributed by atoms with van der Waals surface area (Å²) in [7, 11) is 1.48. The minimum absolute atomic E-state index is 0.106. The summed E-state index contributed by atoms with van der Waals surface area (Å²) >= 11 is 0. The van der Waals surface area contributed by atoms with Gasteiger partial charge in [-0.3, -0.25) is 9.59 Å². The largest absolute Gasteiger partial charge is 0.481 e. The second-order valence-corrected chi connectivity index (χ2v) is 7.50. The zero-order valence-electron chi connectivity index (χ0n) is 17.4. The van der Waals surface area contributed by atoms with Crippen molar-refractivity contribution in [2.24, 2.45) is 0 Å². The average molecular weight is 425 g/mol. The van der Waals surface area contributed by atoms with Gasteiger partial charge in [-0.1, -0.05) is 18.2 Å². The van der Waals surface area contributed by atoms with Gasteiger partial charge in [0.2, 0.25) is 5.88 Å². The van der Waals surface area contributed by atoms with E-state index < -0.39 is 29.8 Å². The van der Waals surface area contributed by atoms with E-state index in [1.807, 2.05) is 30.5 Å². The van der Waals surface area contributed by atoms with Crippen LogP contribution in [0.15, 0.2) is 48.8 Å². The monoisotopic (exact) mass is 425 g/mol. The molecule has 1 aromatic carbocycles. The molecular formula is C22H23N3O6. The molecule has 0 spiro atoms. The van der Waals surface area contributed by atoms with E-state index >= 15 is 0 Å². The molecule has 0 unspecified atom stereocenters. The molecule has 3 aromatic rings. The molecule has 0 bridgehead atoms. The highest BCUT2D eigenvalue weighted by Crippen LogP contribution is 2.29. The number of ketones is 1. The van der Waals surface area contributed by atoms with Gasteiger partial charge in [0.1, 0.15) is 6.61 Å². The predicted molar refractivity (Wildman–Crippen MR) is 113 cm³/mol. The number of benzene rings is 1. The van der Waals surface area contributed by atoms with Gasteiger partial charge in [-0.2, -0.15) is 0 Å². The van der Waals surface area contributed by atoms with Crippen molar-refractivity contribution in [3.8, 4) is 5.88 Å². The molecule has 0 radical (unpaired) electrons. The Balaban J connectivity index is 1.88. The number of pyridine rings is 1. The van der Waals surface area contributed by atoms with Crippen LogP contribution in [0.1, 0.15) is 24.2 Å². The van der Waals surface area contributed by atoms with E-state index in [2.05, 4.69) is 10.3 Å². The molecule has 0 saturated carbocycles. The lowest BCUT2D eigenvalue weighted by molar-refractivity contribution is -0.143. The summed E-state index contributed by atoms with van der Waals surface area (Å²) in [6, 6.07) is 10.4. The maximum atomic E-state index is 13.0. The topological polar surface area (TPSA) is 120 Å². The number of amides is 1. The van der Waals surface area contributed by atoms with Crippen LogP contribution in [0, 0.1) is 0 Å². The molecule has 2 heterocycles. The van der Waals surface area contributed by atoms with Gasteiger partial charge in [-0.05, 0) is 26.0 Å². The molecular weight excluding hydrogens is 402 g/mol. The summed E-state index contributed by atoms with van der Waals surface area (Å²) < 4.78 is 12.1. The Bertz CT molecular complexity index is 1120. The number of fused-ring (bicyclic) bond motifs is 1. The van der Waals surface area contributed by atoms with Crippen molar-refractivity contribution in [2.75, 3.05) is 25.6 Å². The summed E-state index contributed by atoms with van der Waals surface area (Å²) in [5.74, 6) is -2.17. The number of para-hydroxylation sites is 1. The number of methoxy groups -OCH3 is 1. The number of aromatic nitrogens is 2. The number of hydrogen-bond donors (Lipinski definition) is 2. The lowest BCUT2D eigenvalue weighted by Gasteiger charge is -2.27. The number of hydrogen-bond acceptors (Lipinski definition) is 6. The highest BCUT2D eigenvalue weighted by molar-refractivity contribution is 6.48. The summed E-state index contributed by atoms with van der Waals surface area (Å²) in [6.45, 7) is 3.40. The van der Waals surface area contributed by atoms with Crippen LogP contribution < -0.4 is 10.1 Å². The fraction of sp³-hybridized carbons (Fsp3) is 0.273. The van der Waals surface area contributed by atoms with Gasteiger partial charge in [-0.15, -0.1) is 0 Å². The molecule has 0 saturated heterocycles. The quantitative estimate of drug-likeness (QED) is 0.399. The van der Waals surface area contributed by atoms with Gasteiger partial charge >= 0.3 is 5.97 Å². The fourth-order valence-electron chi connectivity index (χ4n) is 3.20. The maximum absolute atomic E-state index is 13.0. The smallest absolute Gasteiger partial charge is 0.329 e. The van der Waals surface area contributed by atoms with Crippen LogP contribution in [-0.2, 0) is 19.9 Å². The molecule has 0 atom stereocenters. The first-order valence-electron chi connectivity index (χ1n) is 9.49. The van der Waals surface area contributed by atoms with Gasteiger partial charge in [0.05, 0.1) is 36.7 Å². The van der Waals surface area contributed by atoms with E-state index in [0.717, 1.165) is 5.52 Å². The highest BCUT2D eigenvalue weighted by atomic mass is 16.5. The third-order valence-corrected chi connectivity index (χ3v) is 4.70. The zero-order valence-corrected chi connectivity index (χ0v) is 17.4. The molecule has 162 valence electrons. The molecule has 9 nitrogen and oxygen atoms in total. The van der Waals surface area contributed by atoms with E-state index in [9.17, 15) is 14.4 Å². The third-order valence-electron chi connectivity index (χ3n) is 4.70. The Kier molecular flexibility index (Phi) is 6.36. The van der Waals surface area contributed by atoms with Gasteiger partial charge in [-0.25, -0.2) is 9.78 Å². The van der Waals surface area contributed by atoms with Crippen molar-refractivity contribution in [2.45, 2.75) is 19.4 Å². The molecule has 31 heavy (non-hydrogen) atoms. The van der Waals surface area contributed by atoms with Crippen molar-refractivity contribution in [1.29, 1.82) is 0 Å². The van der Waals surface area contributed by atoms with Crippen molar-refractivity contribution in [1.82, 2.24) is 9.55 Å². The van der Waals surface area contributed by atoms with E-state index in [1.165, 1.54) is 13.3 Å². The summed E-state index contributed by atoms with van der Waals surface area (Å²) in [5.41, 5.74) is 0.670. The van der Waals surface area contributed by atoms with E-state index in [0.29, 0.717) is 17.0 Å². The predicted octanol–water partition coefficient (Wildman–Crippen LogP) is 2.70. The van der Waals surface area contributed by atoms with Crippen molar-refractivity contribution in [3.63, 3.8) is 0 Å². The van der Waals surface area contributed by atoms with Gasteiger partial charge in [0.25, 0.3) is 11.7 Å². The molecule has 0 aliphatic rings. The Morgan fingerprint density at radius 1 is 1.16 bits per heavy atom. The number of aliphatic carboxylic acids is 1. The molecule has 2 aromatic heterocycles. The van der Waals surface area contributed by atoms with Gasteiger partial charge in [0, 0.05) is 23.2 Å². The van der Waals surface area contributed by atoms with E-state index in [4.69, 9.17) is 14.6 Å². The SMILES string of the molecule is COc1ccc(NC(=O)C(=O)c2cn(C(C)(C)COCC(=O)O)c3ccccc23)cn1. The first-order chi connectivity index (χ1) is 14.7. The number of anilines is 1. The number of nitrogens with one attached hydrogen (secondary N) is 1. The molecule has 3 rings (SSSR count). The molecule has 2 N–H and O–H groups in total. The van der Waals surface area contributed by atoms with Crippen LogP contribution in [0.5, 0.6) is 5.88 Å². The van der Waals surface area contributed by atoms with Crippen LogP contribution in [0.3, 0.4) is 0 Å². The maximum Gasteiger partial charge on any atom is 0.329 e.